The number of benzene rings is 5. The number of carbonyl (C=O) groups is 2. The van der Waals surface area contributed by atoms with E-state index in [1.165, 1.54) is 10.8 Å². The van der Waals surface area contributed by atoms with Crippen LogP contribution in [-0.2, 0) is 12.1 Å². The lowest BCUT2D eigenvalue weighted by molar-refractivity contribution is 0.0696. The Bertz CT molecular complexity index is 1960. The summed E-state index contributed by atoms with van der Waals surface area (Å²) in [7, 11) is 0. The molecule has 42 heavy (non-hydrogen) atoms. The van der Waals surface area contributed by atoms with Crippen LogP contribution < -0.4 is 10.6 Å². The molecule has 0 saturated heterocycles. The van der Waals surface area contributed by atoms with E-state index >= 15 is 0 Å². The maximum absolute atomic E-state index is 14.0. The number of carboxylic acids is 1. The first-order valence-electron chi connectivity index (χ1n) is 14.1. The molecule has 7 rings (SSSR count). The van der Waals surface area contributed by atoms with Crippen LogP contribution >= 0.6 is 0 Å². The molecule has 1 saturated carbocycles. The molecule has 0 aliphatic heterocycles. The van der Waals surface area contributed by atoms with Gasteiger partial charge >= 0.3 is 5.97 Å². The lowest BCUT2D eigenvalue weighted by Crippen LogP contribution is -2.35. The molecule has 0 bridgehead atoms. The molecule has 1 aliphatic carbocycles. The number of hydrogen-bond acceptors (Lipinski definition) is 3. The summed E-state index contributed by atoms with van der Waals surface area (Å²) in [5.74, 6) is -1.11. The second-order valence-electron chi connectivity index (χ2n) is 11.0. The summed E-state index contributed by atoms with van der Waals surface area (Å²) in [6.07, 6.45) is 3.66. The van der Waals surface area contributed by atoms with Gasteiger partial charge in [0.2, 0.25) is 0 Å². The Morgan fingerprint density at radius 2 is 1.52 bits per heavy atom. The maximum Gasteiger partial charge on any atom is 0.335 e. The topological polar surface area (TPSA) is 83.4 Å². The molecule has 0 spiro atoms. The lowest BCUT2D eigenvalue weighted by Gasteiger charge is -2.20. The van der Waals surface area contributed by atoms with Crippen molar-refractivity contribution in [2.24, 2.45) is 0 Å². The van der Waals surface area contributed by atoms with E-state index in [2.05, 4.69) is 51.6 Å². The predicted octanol–water partition coefficient (Wildman–Crippen LogP) is 7.70. The minimum absolute atomic E-state index is 0.149. The molecule has 0 radical (unpaired) electrons. The van der Waals surface area contributed by atoms with E-state index in [0.717, 1.165) is 46.2 Å². The Morgan fingerprint density at radius 3 is 2.26 bits per heavy atom. The highest BCUT2D eigenvalue weighted by Gasteiger charge is 2.46. The number of nitrogens with zero attached hydrogens (tertiary/aromatic N) is 1. The van der Waals surface area contributed by atoms with E-state index in [1.807, 2.05) is 72.9 Å². The number of fused-ring (bicyclic) bond motifs is 2. The molecule has 1 fully saturated rings. The predicted molar refractivity (Wildman–Crippen MR) is 166 cm³/mol. The zero-order chi connectivity index (χ0) is 28.7. The number of anilines is 2. The van der Waals surface area contributed by atoms with Crippen molar-refractivity contribution >= 4 is 44.9 Å². The van der Waals surface area contributed by atoms with Crippen LogP contribution in [0.2, 0.25) is 0 Å². The summed E-state index contributed by atoms with van der Waals surface area (Å²) in [4.78, 5) is 25.3. The Kier molecular flexibility index (Phi) is 6.24. The Hall–Kier alpha value is -5.36. The molecule has 1 aliphatic rings. The van der Waals surface area contributed by atoms with Crippen molar-refractivity contribution in [3.8, 4) is 0 Å². The molecular weight excluding hydrogens is 522 g/mol. The van der Waals surface area contributed by atoms with Crippen molar-refractivity contribution in [1.29, 1.82) is 0 Å². The number of carboxylic acid groups (broad SMARTS) is 1. The van der Waals surface area contributed by atoms with Crippen molar-refractivity contribution in [1.82, 2.24) is 9.88 Å². The fourth-order valence-corrected chi connectivity index (χ4v) is 5.79. The second kappa shape index (κ2) is 10.2. The van der Waals surface area contributed by atoms with Gasteiger partial charge < -0.3 is 20.3 Å². The molecule has 1 aromatic heterocycles. The molecule has 6 nitrogen and oxygen atoms in total. The van der Waals surface area contributed by atoms with Crippen molar-refractivity contribution in [3.05, 3.63) is 144 Å². The molecule has 3 N–H and O–H groups in total. The summed E-state index contributed by atoms with van der Waals surface area (Å²) >= 11 is 0. The number of aromatic carboxylic acids is 1. The molecule has 6 aromatic rings. The lowest BCUT2D eigenvalue weighted by atomic mass is 10.0. The number of hydrogen-bond donors (Lipinski definition) is 3. The van der Waals surface area contributed by atoms with Gasteiger partial charge in [-0.2, -0.15) is 0 Å². The summed E-state index contributed by atoms with van der Waals surface area (Å²) < 4.78 is 2.14. The van der Waals surface area contributed by atoms with E-state index in [0.29, 0.717) is 12.1 Å². The maximum atomic E-state index is 14.0. The first-order chi connectivity index (χ1) is 20.5. The first kappa shape index (κ1) is 25.6. The van der Waals surface area contributed by atoms with E-state index < -0.39 is 11.5 Å². The average Bonchev–Trinajstić information content (AvgIpc) is 3.68. The Balaban J connectivity index is 1.26. The Labute approximate surface area is 243 Å². The fourth-order valence-electron chi connectivity index (χ4n) is 5.79. The highest BCUT2D eigenvalue weighted by Crippen LogP contribution is 2.46. The van der Waals surface area contributed by atoms with Crippen LogP contribution in [0.3, 0.4) is 0 Å². The molecule has 1 heterocycles. The minimum Gasteiger partial charge on any atom is -0.478 e. The van der Waals surface area contributed by atoms with Crippen LogP contribution in [0.25, 0.3) is 21.7 Å². The van der Waals surface area contributed by atoms with Crippen molar-refractivity contribution in [2.75, 3.05) is 5.32 Å². The number of rotatable bonds is 8. The third kappa shape index (κ3) is 4.77. The third-order valence-corrected chi connectivity index (χ3v) is 8.18. The van der Waals surface area contributed by atoms with Gasteiger partial charge in [0.25, 0.3) is 5.91 Å². The van der Waals surface area contributed by atoms with E-state index in [4.69, 9.17) is 0 Å². The highest BCUT2D eigenvalue weighted by atomic mass is 16.4. The molecule has 6 heteroatoms. The SMILES string of the molecule is O=C(O)c1ccc(C2(NC(=O)c3ccc(Nc4ccccc4)c4ccn(Cc5ccc6ccccc6c5)c34)CC2)cc1. The molecule has 0 atom stereocenters. The second-order valence-corrected chi connectivity index (χ2v) is 11.0. The molecule has 1 amide bonds. The summed E-state index contributed by atoms with van der Waals surface area (Å²) in [6.45, 7) is 0.616. The van der Waals surface area contributed by atoms with Crippen LogP contribution in [0.5, 0.6) is 0 Å². The van der Waals surface area contributed by atoms with Gasteiger partial charge in [-0.05, 0) is 83.3 Å². The standard InChI is InChI=1S/C36H29N3O3/c40-34(38-36(19-20-36)28-14-12-26(13-15-28)35(41)42)31-16-17-32(37-29-8-2-1-3-9-29)30-18-21-39(33(30)31)23-24-10-11-25-6-4-5-7-27(25)22-24/h1-18,21-22,37H,19-20,23H2,(H,38,40)(H,41,42). The first-order valence-corrected chi connectivity index (χ1v) is 14.1. The smallest absolute Gasteiger partial charge is 0.335 e. The summed E-state index contributed by atoms with van der Waals surface area (Å²) in [5, 5.41) is 19.4. The average molecular weight is 552 g/mol. The number of para-hydroxylation sites is 1. The van der Waals surface area contributed by atoms with E-state index in [9.17, 15) is 14.7 Å². The van der Waals surface area contributed by atoms with Gasteiger partial charge in [0, 0.05) is 29.5 Å². The number of amides is 1. The quantitative estimate of drug-likeness (QED) is 0.181. The van der Waals surface area contributed by atoms with E-state index in [-0.39, 0.29) is 11.5 Å². The van der Waals surface area contributed by atoms with Crippen LogP contribution in [0, 0.1) is 0 Å². The summed E-state index contributed by atoms with van der Waals surface area (Å²) in [6, 6.07) is 37.5. The normalized spacial score (nSPS) is 13.6. The third-order valence-electron chi connectivity index (χ3n) is 8.18. The van der Waals surface area contributed by atoms with Crippen molar-refractivity contribution < 1.29 is 14.7 Å². The van der Waals surface area contributed by atoms with Gasteiger partial charge in [-0.25, -0.2) is 4.79 Å². The van der Waals surface area contributed by atoms with Crippen LogP contribution in [0.1, 0.15) is 44.7 Å². The van der Waals surface area contributed by atoms with E-state index in [1.54, 1.807) is 12.1 Å². The van der Waals surface area contributed by atoms with Gasteiger partial charge in [0.1, 0.15) is 0 Å². The molecule has 0 unspecified atom stereocenters. The largest absolute Gasteiger partial charge is 0.478 e. The zero-order valence-electron chi connectivity index (χ0n) is 22.9. The molecule has 206 valence electrons. The molecule has 5 aromatic carbocycles. The number of aromatic nitrogens is 1. The number of carbonyl (C=O) groups excluding carboxylic acids is 1. The summed E-state index contributed by atoms with van der Waals surface area (Å²) in [5.41, 5.74) is 5.17. The van der Waals surface area contributed by atoms with Crippen molar-refractivity contribution in [2.45, 2.75) is 24.9 Å². The highest BCUT2D eigenvalue weighted by molar-refractivity contribution is 6.10. The zero-order valence-corrected chi connectivity index (χ0v) is 22.9. The van der Waals surface area contributed by atoms with Gasteiger partial charge in [0.05, 0.1) is 22.2 Å². The van der Waals surface area contributed by atoms with Gasteiger partial charge in [0.15, 0.2) is 0 Å². The van der Waals surface area contributed by atoms with Crippen LogP contribution in [-0.4, -0.2) is 21.6 Å². The number of nitrogens with one attached hydrogen (secondary N) is 2. The monoisotopic (exact) mass is 551 g/mol. The van der Waals surface area contributed by atoms with Gasteiger partial charge in [-0.3, -0.25) is 4.79 Å². The Morgan fingerprint density at radius 1 is 0.786 bits per heavy atom. The van der Waals surface area contributed by atoms with Crippen molar-refractivity contribution in [3.63, 3.8) is 0 Å². The van der Waals surface area contributed by atoms with Crippen LogP contribution in [0.15, 0.2) is 121 Å². The van der Waals surface area contributed by atoms with Gasteiger partial charge in [-0.1, -0.05) is 66.7 Å². The minimum atomic E-state index is -0.964. The molecular formula is C36H29N3O3. The fraction of sp³-hybridized carbons (Fsp3) is 0.111. The van der Waals surface area contributed by atoms with Gasteiger partial charge in [-0.15, -0.1) is 0 Å². The van der Waals surface area contributed by atoms with Crippen LogP contribution in [0.4, 0.5) is 11.4 Å².